The second-order valence-corrected chi connectivity index (χ2v) is 4.06. The molecule has 2 heterocycles. The van der Waals surface area contributed by atoms with E-state index in [0.717, 1.165) is 11.4 Å². The molecule has 0 fully saturated rings. The monoisotopic (exact) mass is 245 g/mol. The first-order valence-corrected chi connectivity index (χ1v) is 5.61. The van der Waals surface area contributed by atoms with Gasteiger partial charge in [-0.1, -0.05) is 0 Å². The second-order valence-electron chi connectivity index (χ2n) is 4.06. The third-order valence-electron chi connectivity index (χ3n) is 2.50. The Bertz CT molecular complexity index is 523. The number of aryl methyl sites for hydroxylation is 1. The van der Waals surface area contributed by atoms with Crippen LogP contribution in [0.2, 0.25) is 0 Å². The van der Waals surface area contributed by atoms with Crippen LogP contribution in [0.5, 0.6) is 0 Å². The number of amides is 1. The van der Waals surface area contributed by atoms with Crippen LogP contribution in [0.15, 0.2) is 30.9 Å². The van der Waals surface area contributed by atoms with Crippen molar-refractivity contribution in [3.63, 3.8) is 0 Å². The van der Waals surface area contributed by atoms with Gasteiger partial charge in [-0.2, -0.15) is 0 Å². The lowest BCUT2D eigenvalue weighted by atomic mass is 10.1. The Kier molecular flexibility index (Phi) is 3.69. The van der Waals surface area contributed by atoms with Gasteiger partial charge in [-0.25, -0.2) is 4.98 Å². The molecule has 0 aliphatic carbocycles. The number of nitrogens with zero attached hydrogens (tertiary/aromatic N) is 2. The molecule has 2 aromatic rings. The molecule has 6 nitrogen and oxygen atoms in total. The number of carbonyl (C=O) groups excluding carboxylic acids is 1. The summed E-state index contributed by atoms with van der Waals surface area (Å²) in [6.45, 7) is 1.86. The lowest BCUT2D eigenvalue weighted by molar-refractivity contribution is -0.117. The number of nitrogens with one attached hydrogen (secondary N) is 2. The average molecular weight is 245 g/mol. The molecular weight excluding hydrogens is 230 g/mol. The summed E-state index contributed by atoms with van der Waals surface area (Å²) >= 11 is 0. The van der Waals surface area contributed by atoms with Crippen molar-refractivity contribution in [1.29, 1.82) is 0 Å². The lowest BCUT2D eigenvalue weighted by Crippen LogP contribution is -2.37. The average Bonchev–Trinajstić information content (AvgIpc) is 2.81. The van der Waals surface area contributed by atoms with Crippen molar-refractivity contribution in [2.75, 3.05) is 5.32 Å². The molecule has 0 radical (unpaired) electrons. The van der Waals surface area contributed by atoms with Crippen LogP contribution in [0, 0.1) is 6.92 Å². The van der Waals surface area contributed by atoms with Crippen LogP contribution >= 0.6 is 0 Å². The van der Waals surface area contributed by atoms with E-state index in [9.17, 15) is 4.79 Å². The molecule has 0 spiro atoms. The number of rotatable bonds is 4. The summed E-state index contributed by atoms with van der Waals surface area (Å²) in [5.41, 5.74) is 8.20. The van der Waals surface area contributed by atoms with Crippen molar-refractivity contribution >= 4 is 11.6 Å². The maximum absolute atomic E-state index is 11.9. The summed E-state index contributed by atoms with van der Waals surface area (Å²) in [5, 5.41) is 2.76. The van der Waals surface area contributed by atoms with E-state index in [1.165, 1.54) is 0 Å². The number of aromatic amines is 1. The lowest BCUT2D eigenvalue weighted by Gasteiger charge is -2.11. The van der Waals surface area contributed by atoms with E-state index in [1.807, 2.05) is 6.92 Å². The van der Waals surface area contributed by atoms with Crippen molar-refractivity contribution in [1.82, 2.24) is 15.0 Å². The molecule has 0 saturated carbocycles. The zero-order valence-electron chi connectivity index (χ0n) is 10.1. The minimum absolute atomic E-state index is 0.227. The molecule has 6 heteroatoms. The fraction of sp³-hybridized carbons (Fsp3) is 0.250. The number of anilines is 1. The largest absolute Gasteiger partial charge is 0.348 e. The van der Waals surface area contributed by atoms with Gasteiger partial charge in [0.25, 0.3) is 0 Å². The van der Waals surface area contributed by atoms with Crippen LogP contribution in [0.4, 0.5) is 5.69 Å². The van der Waals surface area contributed by atoms with Crippen LogP contribution < -0.4 is 11.1 Å². The molecule has 2 rings (SSSR count). The predicted molar refractivity (Wildman–Crippen MR) is 67.9 cm³/mol. The standard InChI is InChI=1S/C12H15N5O/c1-8-4-9(2-3-15-8)17-12(18)11(13)5-10-6-14-7-16-10/h2-4,6-7,11H,5,13H2,1H3,(H,14,16)(H,15,17,18)/t11-/m0/s1. The van der Waals surface area contributed by atoms with Gasteiger partial charge < -0.3 is 16.0 Å². The van der Waals surface area contributed by atoms with Gasteiger partial charge in [0.15, 0.2) is 0 Å². The topological polar surface area (TPSA) is 96.7 Å². The highest BCUT2D eigenvalue weighted by Crippen LogP contribution is 2.08. The molecule has 0 saturated heterocycles. The smallest absolute Gasteiger partial charge is 0.241 e. The highest BCUT2D eigenvalue weighted by Gasteiger charge is 2.14. The molecule has 1 atom stereocenters. The van der Waals surface area contributed by atoms with E-state index >= 15 is 0 Å². The maximum atomic E-state index is 11.9. The third-order valence-corrected chi connectivity index (χ3v) is 2.50. The van der Waals surface area contributed by atoms with E-state index in [4.69, 9.17) is 5.73 Å². The Morgan fingerprint density at radius 2 is 2.44 bits per heavy atom. The van der Waals surface area contributed by atoms with Crippen molar-refractivity contribution in [2.24, 2.45) is 5.73 Å². The molecule has 1 amide bonds. The second kappa shape index (κ2) is 5.42. The van der Waals surface area contributed by atoms with Gasteiger partial charge in [0.2, 0.25) is 5.91 Å². The van der Waals surface area contributed by atoms with Gasteiger partial charge in [-0.05, 0) is 19.1 Å². The first-order chi connectivity index (χ1) is 8.65. The Morgan fingerprint density at radius 3 is 3.11 bits per heavy atom. The normalized spacial score (nSPS) is 12.1. The highest BCUT2D eigenvalue weighted by molar-refractivity contribution is 5.94. The molecule has 0 aliphatic heterocycles. The zero-order valence-corrected chi connectivity index (χ0v) is 10.1. The van der Waals surface area contributed by atoms with E-state index < -0.39 is 6.04 Å². The first kappa shape index (κ1) is 12.3. The van der Waals surface area contributed by atoms with Gasteiger partial charge in [0, 0.05) is 35.9 Å². The number of H-pyrrole nitrogens is 1. The summed E-state index contributed by atoms with van der Waals surface area (Å²) < 4.78 is 0. The zero-order chi connectivity index (χ0) is 13.0. The summed E-state index contributed by atoms with van der Waals surface area (Å²) in [5.74, 6) is -0.227. The highest BCUT2D eigenvalue weighted by atomic mass is 16.2. The molecular formula is C12H15N5O. The van der Waals surface area contributed by atoms with Crippen LogP contribution in [0.25, 0.3) is 0 Å². The number of imidazole rings is 1. The molecule has 0 aliphatic rings. The van der Waals surface area contributed by atoms with Gasteiger partial charge >= 0.3 is 0 Å². The molecule has 18 heavy (non-hydrogen) atoms. The fourth-order valence-corrected chi connectivity index (χ4v) is 1.58. The van der Waals surface area contributed by atoms with Gasteiger partial charge in [-0.3, -0.25) is 9.78 Å². The predicted octanol–water partition coefficient (Wildman–Crippen LogP) is 0.622. The number of nitrogens with two attached hydrogens (primary N) is 1. The van der Waals surface area contributed by atoms with E-state index in [0.29, 0.717) is 12.1 Å². The van der Waals surface area contributed by atoms with Crippen LogP contribution in [0.1, 0.15) is 11.4 Å². The summed E-state index contributed by atoms with van der Waals surface area (Å²) in [6.07, 6.45) is 5.29. The maximum Gasteiger partial charge on any atom is 0.241 e. The van der Waals surface area contributed by atoms with Crippen LogP contribution in [-0.4, -0.2) is 26.9 Å². The minimum atomic E-state index is -0.612. The van der Waals surface area contributed by atoms with E-state index in [2.05, 4.69) is 20.3 Å². The van der Waals surface area contributed by atoms with E-state index in [1.54, 1.807) is 30.9 Å². The number of carbonyl (C=O) groups is 1. The number of hydrogen-bond donors (Lipinski definition) is 3. The van der Waals surface area contributed by atoms with Crippen LogP contribution in [0.3, 0.4) is 0 Å². The van der Waals surface area contributed by atoms with E-state index in [-0.39, 0.29) is 5.91 Å². The quantitative estimate of drug-likeness (QED) is 0.735. The van der Waals surface area contributed by atoms with Crippen molar-refractivity contribution in [2.45, 2.75) is 19.4 Å². The Labute approximate surface area is 105 Å². The summed E-state index contributed by atoms with van der Waals surface area (Å²) in [4.78, 5) is 22.7. The SMILES string of the molecule is Cc1cc(NC(=O)[C@@H](N)Cc2cnc[nH]2)ccn1. The number of hydrogen-bond acceptors (Lipinski definition) is 4. The molecule has 4 N–H and O–H groups in total. The van der Waals surface area contributed by atoms with Crippen molar-refractivity contribution in [3.05, 3.63) is 42.2 Å². The first-order valence-electron chi connectivity index (χ1n) is 5.61. The molecule has 0 bridgehead atoms. The third kappa shape index (κ3) is 3.14. The Hall–Kier alpha value is -2.21. The summed E-state index contributed by atoms with van der Waals surface area (Å²) in [7, 11) is 0. The molecule has 0 aromatic carbocycles. The number of pyridine rings is 1. The van der Waals surface area contributed by atoms with Crippen molar-refractivity contribution < 1.29 is 4.79 Å². The Balaban J connectivity index is 1.95. The minimum Gasteiger partial charge on any atom is -0.348 e. The van der Waals surface area contributed by atoms with Gasteiger partial charge in [-0.15, -0.1) is 0 Å². The molecule has 2 aromatic heterocycles. The Morgan fingerprint density at radius 1 is 1.61 bits per heavy atom. The van der Waals surface area contributed by atoms with Crippen molar-refractivity contribution in [3.8, 4) is 0 Å². The fourth-order valence-electron chi connectivity index (χ4n) is 1.58. The van der Waals surface area contributed by atoms with Gasteiger partial charge in [0.1, 0.15) is 0 Å². The number of aromatic nitrogens is 3. The molecule has 0 unspecified atom stereocenters. The van der Waals surface area contributed by atoms with Gasteiger partial charge in [0.05, 0.1) is 12.4 Å². The molecule has 94 valence electrons. The summed E-state index contributed by atoms with van der Waals surface area (Å²) in [6, 6.07) is 2.91. The van der Waals surface area contributed by atoms with Crippen LogP contribution in [-0.2, 0) is 11.2 Å².